The highest BCUT2D eigenvalue weighted by atomic mass is 32.1. The Morgan fingerprint density at radius 1 is 1.61 bits per heavy atom. The van der Waals surface area contributed by atoms with E-state index in [1.165, 1.54) is 4.88 Å². The highest BCUT2D eigenvalue weighted by Gasteiger charge is 2.21. The van der Waals surface area contributed by atoms with Crippen LogP contribution in [-0.4, -0.2) is 29.8 Å². The Hall–Kier alpha value is -0.910. The molecule has 2 unspecified atom stereocenters. The van der Waals surface area contributed by atoms with E-state index in [1.807, 2.05) is 12.1 Å². The van der Waals surface area contributed by atoms with Gasteiger partial charge in [0.05, 0.1) is 12.5 Å². The van der Waals surface area contributed by atoms with Crippen LogP contribution in [0.1, 0.15) is 29.5 Å². The molecule has 0 radical (unpaired) electrons. The second kappa shape index (κ2) is 6.31. The smallest absolute Gasteiger partial charge is 0.308 e. The largest absolute Gasteiger partial charge is 0.481 e. The van der Waals surface area contributed by atoms with E-state index in [2.05, 4.69) is 12.2 Å². The van der Waals surface area contributed by atoms with Crippen molar-refractivity contribution in [1.29, 1.82) is 0 Å². The molecule has 0 spiro atoms. The molecule has 1 saturated heterocycles. The molecule has 2 atom stereocenters. The number of carboxylic acids is 1. The molecular weight excluding hydrogens is 250 g/mol. The molecule has 0 aliphatic carbocycles. The summed E-state index contributed by atoms with van der Waals surface area (Å²) < 4.78 is 5.62. The molecule has 0 bridgehead atoms. The van der Waals surface area contributed by atoms with Crippen LogP contribution >= 0.6 is 11.3 Å². The van der Waals surface area contributed by atoms with Crippen molar-refractivity contribution in [3.05, 3.63) is 21.9 Å². The first-order valence-corrected chi connectivity index (χ1v) is 7.11. The van der Waals surface area contributed by atoms with Gasteiger partial charge in [-0.3, -0.25) is 4.79 Å². The Labute approximate surface area is 111 Å². The molecule has 1 aliphatic rings. The van der Waals surface area contributed by atoms with Gasteiger partial charge >= 0.3 is 5.97 Å². The Bertz CT molecular complexity index is 399. The monoisotopic (exact) mass is 269 g/mol. The summed E-state index contributed by atoms with van der Waals surface area (Å²) in [6.07, 6.45) is 2.72. The number of nitrogens with one attached hydrogen (secondary N) is 1. The van der Waals surface area contributed by atoms with Gasteiger partial charge in [0, 0.05) is 28.9 Å². The zero-order chi connectivity index (χ0) is 13.0. The van der Waals surface area contributed by atoms with Crippen molar-refractivity contribution >= 4 is 17.3 Å². The number of thiophene rings is 1. The molecule has 1 aromatic heterocycles. The van der Waals surface area contributed by atoms with Crippen LogP contribution in [0, 0.1) is 0 Å². The summed E-state index contributed by atoms with van der Waals surface area (Å²) >= 11 is 1.56. The van der Waals surface area contributed by atoms with Crippen molar-refractivity contribution in [2.75, 3.05) is 6.61 Å². The summed E-state index contributed by atoms with van der Waals surface area (Å²) in [5, 5.41) is 12.2. The molecule has 100 valence electrons. The summed E-state index contributed by atoms with van der Waals surface area (Å²) in [4.78, 5) is 12.7. The average Bonchev–Trinajstić information content (AvgIpc) is 2.95. The van der Waals surface area contributed by atoms with E-state index in [1.54, 1.807) is 11.3 Å². The molecule has 0 saturated carbocycles. The standard InChI is InChI=1S/C13H19NO3S/c1-9(12-3-2-6-17-12)14-8-11-5-4-10(18-11)7-13(15)16/h4-5,9,12,14H,2-3,6-8H2,1H3,(H,15,16). The lowest BCUT2D eigenvalue weighted by Gasteiger charge is -2.19. The number of ether oxygens (including phenoxy) is 1. The van der Waals surface area contributed by atoms with Gasteiger partial charge in [-0.25, -0.2) is 0 Å². The van der Waals surface area contributed by atoms with E-state index in [0.717, 1.165) is 30.9 Å². The number of carboxylic acid groups (broad SMARTS) is 1. The molecule has 1 aromatic rings. The maximum Gasteiger partial charge on any atom is 0.308 e. The van der Waals surface area contributed by atoms with Crippen LogP contribution in [0.25, 0.3) is 0 Å². The van der Waals surface area contributed by atoms with Crippen LogP contribution in [-0.2, 0) is 22.5 Å². The van der Waals surface area contributed by atoms with Crippen molar-refractivity contribution in [3.8, 4) is 0 Å². The predicted molar refractivity (Wildman–Crippen MR) is 70.9 cm³/mol. The first-order valence-electron chi connectivity index (χ1n) is 6.29. The molecule has 0 aromatic carbocycles. The van der Waals surface area contributed by atoms with Crippen LogP contribution < -0.4 is 5.32 Å². The first kappa shape index (κ1) is 13.5. The van der Waals surface area contributed by atoms with Crippen LogP contribution in [0.4, 0.5) is 0 Å². The molecule has 5 heteroatoms. The van der Waals surface area contributed by atoms with Crippen molar-refractivity contribution < 1.29 is 14.6 Å². The predicted octanol–water partition coefficient (Wildman–Crippen LogP) is 2.03. The lowest BCUT2D eigenvalue weighted by molar-refractivity contribution is -0.136. The third-order valence-electron chi connectivity index (χ3n) is 3.16. The van der Waals surface area contributed by atoms with Gasteiger partial charge in [0.1, 0.15) is 0 Å². The third-order valence-corrected chi connectivity index (χ3v) is 4.25. The van der Waals surface area contributed by atoms with Gasteiger partial charge in [-0.05, 0) is 31.9 Å². The molecule has 2 heterocycles. The van der Waals surface area contributed by atoms with Crippen LogP contribution in [0.15, 0.2) is 12.1 Å². The van der Waals surface area contributed by atoms with Gasteiger partial charge < -0.3 is 15.2 Å². The van der Waals surface area contributed by atoms with E-state index < -0.39 is 5.97 Å². The third kappa shape index (κ3) is 3.80. The first-order chi connectivity index (χ1) is 8.65. The maximum absolute atomic E-state index is 10.6. The highest BCUT2D eigenvalue weighted by molar-refractivity contribution is 7.12. The molecule has 2 rings (SSSR count). The molecule has 1 fully saturated rings. The van der Waals surface area contributed by atoms with Gasteiger partial charge in [0.15, 0.2) is 0 Å². The van der Waals surface area contributed by atoms with Gasteiger partial charge in [-0.1, -0.05) is 0 Å². The Morgan fingerprint density at radius 3 is 3.06 bits per heavy atom. The lowest BCUT2D eigenvalue weighted by Crippen LogP contribution is -2.36. The summed E-state index contributed by atoms with van der Waals surface area (Å²) in [6, 6.07) is 4.24. The molecule has 4 nitrogen and oxygen atoms in total. The van der Waals surface area contributed by atoms with Crippen molar-refractivity contribution in [1.82, 2.24) is 5.32 Å². The Kier molecular flexibility index (Phi) is 4.74. The fraction of sp³-hybridized carbons (Fsp3) is 0.615. The number of aliphatic carboxylic acids is 1. The van der Waals surface area contributed by atoms with Gasteiger partial charge in [0.25, 0.3) is 0 Å². The molecule has 2 N–H and O–H groups in total. The second-order valence-corrected chi connectivity index (χ2v) is 5.91. The number of carbonyl (C=O) groups is 1. The van der Waals surface area contributed by atoms with Gasteiger partial charge in [-0.15, -0.1) is 11.3 Å². The quantitative estimate of drug-likeness (QED) is 0.829. The highest BCUT2D eigenvalue weighted by Crippen LogP contribution is 2.19. The Morgan fingerprint density at radius 2 is 2.39 bits per heavy atom. The minimum atomic E-state index is -0.774. The molecule has 0 amide bonds. The number of hydrogen-bond donors (Lipinski definition) is 2. The summed E-state index contributed by atoms with van der Waals surface area (Å²) in [5.74, 6) is -0.774. The zero-order valence-electron chi connectivity index (χ0n) is 10.5. The van der Waals surface area contributed by atoms with Crippen molar-refractivity contribution in [2.45, 2.75) is 44.9 Å². The van der Waals surface area contributed by atoms with Crippen LogP contribution in [0.2, 0.25) is 0 Å². The fourth-order valence-electron chi connectivity index (χ4n) is 2.15. The molecule has 1 aliphatic heterocycles. The average molecular weight is 269 g/mol. The second-order valence-electron chi connectivity index (χ2n) is 4.66. The van der Waals surface area contributed by atoms with Crippen LogP contribution in [0.3, 0.4) is 0 Å². The van der Waals surface area contributed by atoms with E-state index in [0.29, 0.717) is 12.1 Å². The summed E-state index contributed by atoms with van der Waals surface area (Å²) in [7, 11) is 0. The molecule has 18 heavy (non-hydrogen) atoms. The number of rotatable bonds is 6. The minimum absolute atomic E-state index is 0.117. The summed E-state index contributed by atoms with van der Waals surface area (Å²) in [6.45, 7) is 3.80. The van der Waals surface area contributed by atoms with E-state index in [9.17, 15) is 4.79 Å². The molecular formula is C13H19NO3S. The van der Waals surface area contributed by atoms with Crippen LogP contribution in [0.5, 0.6) is 0 Å². The van der Waals surface area contributed by atoms with Crippen molar-refractivity contribution in [3.63, 3.8) is 0 Å². The van der Waals surface area contributed by atoms with Crippen molar-refractivity contribution in [2.24, 2.45) is 0 Å². The number of hydrogen-bond acceptors (Lipinski definition) is 4. The SMILES string of the molecule is CC(NCc1ccc(CC(=O)O)s1)C1CCCO1. The van der Waals surface area contributed by atoms with Gasteiger partial charge in [0.2, 0.25) is 0 Å². The van der Waals surface area contributed by atoms with E-state index in [4.69, 9.17) is 9.84 Å². The zero-order valence-corrected chi connectivity index (χ0v) is 11.3. The Balaban J connectivity index is 1.78. The topological polar surface area (TPSA) is 58.6 Å². The lowest BCUT2D eigenvalue weighted by atomic mass is 10.1. The normalized spacial score (nSPS) is 21.1. The minimum Gasteiger partial charge on any atom is -0.481 e. The fourth-order valence-corrected chi connectivity index (χ4v) is 3.11. The summed E-state index contributed by atoms with van der Waals surface area (Å²) in [5.41, 5.74) is 0. The maximum atomic E-state index is 10.6. The van der Waals surface area contributed by atoms with E-state index >= 15 is 0 Å². The van der Waals surface area contributed by atoms with Gasteiger partial charge in [-0.2, -0.15) is 0 Å². The van der Waals surface area contributed by atoms with E-state index in [-0.39, 0.29) is 6.42 Å².